The van der Waals surface area contributed by atoms with E-state index in [1.807, 2.05) is 11.6 Å². The van der Waals surface area contributed by atoms with Crippen LogP contribution in [0, 0.1) is 6.92 Å². The van der Waals surface area contributed by atoms with Crippen molar-refractivity contribution in [3.63, 3.8) is 0 Å². The zero-order valence-electron chi connectivity index (χ0n) is 10.8. The molecule has 96 valence electrons. The Kier molecular flexibility index (Phi) is 3.63. The third-order valence-corrected chi connectivity index (χ3v) is 3.30. The Balaban J connectivity index is 1.97. The van der Waals surface area contributed by atoms with E-state index in [0.717, 1.165) is 31.9 Å². The van der Waals surface area contributed by atoms with Gasteiger partial charge in [-0.15, -0.1) is 5.10 Å². The maximum Gasteiger partial charge on any atom is 0.168 e. The van der Waals surface area contributed by atoms with Gasteiger partial charge in [0.2, 0.25) is 0 Å². The van der Waals surface area contributed by atoms with E-state index in [9.17, 15) is 0 Å². The van der Waals surface area contributed by atoms with Crippen molar-refractivity contribution >= 4 is 5.82 Å². The van der Waals surface area contributed by atoms with Crippen LogP contribution in [0.2, 0.25) is 0 Å². The molecule has 0 aliphatic carbocycles. The summed E-state index contributed by atoms with van der Waals surface area (Å²) >= 11 is 0. The molecule has 1 fully saturated rings. The fraction of sp³-hybridized carbons (Fsp3) is 0.818. The second-order valence-corrected chi connectivity index (χ2v) is 4.82. The van der Waals surface area contributed by atoms with Crippen LogP contribution in [0.1, 0.15) is 19.5 Å². The SMILES string of the molecule is Cc1c(N)nnn1CC1CN(C(C)C)CCO1. The van der Waals surface area contributed by atoms with Crippen LogP contribution in [-0.2, 0) is 11.3 Å². The van der Waals surface area contributed by atoms with Crippen LogP contribution in [-0.4, -0.2) is 51.7 Å². The minimum Gasteiger partial charge on any atom is -0.381 e. The summed E-state index contributed by atoms with van der Waals surface area (Å²) in [6.45, 7) is 9.80. The average molecular weight is 239 g/mol. The molecule has 1 saturated heterocycles. The molecule has 1 aliphatic heterocycles. The lowest BCUT2D eigenvalue weighted by molar-refractivity contribution is -0.0473. The fourth-order valence-electron chi connectivity index (χ4n) is 2.06. The van der Waals surface area contributed by atoms with E-state index < -0.39 is 0 Å². The zero-order chi connectivity index (χ0) is 12.4. The summed E-state index contributed by atoms with van der Waals surface area (Å²) in [6.07, 6.45) is 0.172. The van der Waals surface area contributed by atoms with Gasteiger partial charge in [-0.1, -0.05) is 5.21 Å². The van der Waals surface area contributed by atoms with Crippen LogP contribution in [0.15, 0.2) is 0 Å². The van der Waals surface area contributed by atoms with Crippen LogP contribution in [0.4, 0.5) is 5.82 Å². The van der Waals surface area contributed by atoms with Crippen LogP contribution in [0.3, 0.4) is 0 Å². The van der Waals surface area contributed by atoms with Crippen LogP contribution in [0.25, 0.3) is 0 Å². The van der Waals surface area contributed by atoms with Crippen LogP contribution in [0.5, 0.6) is 0 Å². The van der Waals surface area contributed by atoms with Crippen LogP contribution >= 0.6 is 0 Å². The molecule has 2 N–H and O–H groups in total. The second kappa shape index (κ2) is 5.01. The number of hydrogen-bond acceptors (Lipinski definition) is 5. The highest BCUT2D eigenvalue weighted by atomic mass is 16.5. The highest BCUT2D eigenvalue weighted by molar-refractivity contribution is 5.31. The Hall–Kier alpha value is -1.14. The quantitative estimate of drug-likeness (QED) is 0.820. The highest BCUT2D eigenvalue weighted by Gasteiger charge is 2.23. The normalized spacial score (nSPS) is 22.2. The Morgan fingerprint density at radius 3 is 2.88 bits per heavy atom. The molecule has 0 aromatic carbocycles. The van der Waals surface area contributed by atoms with E-state index in [1.54, 1.807) is 0 Å². The monoisotopic (exact) mass is 239 g/mol. The molecule has 1 aromatic heterocycles. The molecular weight excluding hydrogens is 218 g/mol. The van der Waals surface area contributed by atoms with Crippen molar-refractivity contribution in [2.75, 3.05) is 25.4 Å². The van der Waals surface area contributed by atoms with Gasteiger partial charge in [0, 0.05) is 19.1 Å². The van der Waals surface area contributed by atoms with Gasteiger partial charge in [0.25, 0.3) is 0 Å². The highest BCUT2D eigenvalue weighted by Crippen LogP contribution is 2.12. The molecule has 2 rings (SSSR count). The molecule has 0 radical (unpaired) electrons. The summed E-state index contributed by atoms with van der Waals surface area (Å²) in [5, 5.41) is 7.88. The maximum atomic E-state index is 5.76. The van der Waals surface area contributed by atoms with Crippen molar-refractivity contribution in [1.29, 1.82) is 0 Å². The summed E-state index contributed by atoms with van der Waals surface area (Å²) < 4.78 is 7.58. The lowest BCUT2D eigenvalue weighted by atomic mass is 10.2. The largest absolute Gasteiger partial charge is 0.381 e. The van der Waals surface area contributed by atoms with E-state index in [0.29, 0.717) is 11.9 Å². The number of aromatic nitrogens is 3. The molecule has 0 bridgehead atoms. The molecular formula is C11H21N5O. The topological polar surface area (TPSA) is 69.2 Å². The number of nitrogens with two attached hydrogens (primary N) is 1. The summed E-state index contributed by atoms with van der Waals surface area (Å²) in [7, 11) is 0. The Labute approximate surface area is 102 Å². The predicted molar refractivity (Wildman–Crippen MR) is 65.6 cm³/mol. The Morgan fingerprint density at radius 1 is 1.53 bits per heavy atom. The zero-order valence-corrected chi connectivity index (χ0v) is 10.8. The number of morpholine rings is 1. The number of nitrogen functional groups attached to an aromatic ring is 1. The third-order valence-electron chi connectivity index (χ3n) is 3.30. The van der Waals surface area contributed by atoms with E-state index in [1.165, 1.54) is 0 Å². The first kappa shape index (κ1) is 12.3. The van der Waals surface area contributed by atoms with Gasteiger partial charge in [-0.2, -0.15) is 0 Å². The van der Waals surface area contributed by atoms with Crippen molar-refractivity contribution in [3.05, 3.63) is 5.69 Å². The average Bonchev–Trinajstić information content (AvgIpc) is 2.61. The number of ether oxygens (including phenoxy) is 1. The van der Waals surface area contributed by atoms with E-state index >= 15 is 0 Å². The van der Waals surface area contributed by atoms with Gasteiger partial charge < -0.3 is 10.5 Å². The molecule has 2 heterocycles. The van der Waals surface area contributed by atoms with Gasteiger partial charge in [0.05, 0.1) is 24.9 Å². The molecule has 6 nitrogen and oxygen atoms in total. The fourth-order valence-corrected chi connectivity index (χ4v) is 2.06. The van der Waals surface area contributed by atoms with Gasteiger partial charge >= 0.3 is 0 Å². The lowest BCUT2D eigenvalue weighted by Gasteiger charge is -2.35. The van der Waals surface area contributed by atoms with Crippen molar-refractivity contribution in [3.8, 4) is 0 Å². The van der Waals surface area contributed by atoms with E-state index in [-0.39, 0.29) is 6.10 Å². The smallest absolute Gasteiger partial charge is 0.168 e. The summed E-state index contributed by atoms with van der Waals surface area (Å²) in [5.74, 6) is 0.501. The lowest BCUT2D eigenvalue weighted by Crippen LogP contribution is -2.47. The van der Waals surface area contributed by atoms with E-state index in [4.69, 9.17) is 10.5 Å². The molecule has 0 saturated carbocycles. The number of rotatable bonds is 3. The minimum atomic E-state index is 0.172. The molecule has 1 atom stereocenters. The third kappa shape index (κ3) is 2.76. The Morgan fingerprint density at radius 2 is 2.29 bits per heavy atom. The van der Waals surface area contributed by atoms with Gasteiger partial charge in [-0.25, -0.2) is 4.68 Å². The predicted octanol–water partition coefficient (Wildman–Crippen LogP) is 0.278. The van der Waals surface area contributed by atoms with Gasteiger partial charge in [-0.05, 0) is 20.8 Å². The Bertz CT molecular complexity index is 376. The molecule has 1 aliphatic rings. The first-order valence-corrected chi connectivity index (χ1v) is 6.09. The molecule has 1 unspecified atom stereocenters. The first-order valence-electron chi connectivity index (χ1n) is 6.09. The molecule has 0 spiro atoms. The molecule has 17 heavy (non-hydrogen) atoms. The van der Waals surface area contributed by atoms with E-state index in [2.05, 4.69) is 29.1 Å². The van der Waals surface area contributed by atoms with Crippen molar-refractivity contribution in [2.24, 2.45) is 0 Å². The summed E-state index contributed by atoms with van der Waals surface area (Å²) in [5.41, 5.74) is 6.59. The van der Waals surface area contributed by atoms with Crippen molar-refractivity contribution < 1.29 is 4.74 Å². The van der Waals surface area contributed by atoms with Crippen LogP contribution < -0.4 is 5.73 Å². The number of nitrogens with zero attached hydrogens (tertiary/aromatic N) is 4. The first-order chi connectivity index (χ1) is 8.08. The van der Waals surface area contributed by atoms with Gasteiger partial charge in [-0.3, -0.25) is 4.90 Å². The number of hydrogen-bond donors (Lipinski definition) is 1. The number of anilines is 1. The minimum absolute atomic E-state index is 0.172. The maximum absolute atomic E-state index is 5.76. The standard InChI is InChI=1S/C11H21N5O/c1-8(2)15-4-5-17-10(6-15)7-16-9(3)11(12)13-14-16/h8,10H,4-7,12H2,1-3H3. The molecule has 0 amide bonds. The second-order valence-electron chi connectivity index (χ2n) is 4.82. The van der Waals surface area contributed by atoms with Gasteiger partial charge in [0.15, 0.2) is 5.82 Å². The van der Waals surface area contributed by atoms with Crippen molar-refractivity contribution in [1.82, 2.24) is 19.9 Å². The molecule has 1 aromatic rings. The summed E-state index contributed by atoms with van der Waals surface area (Å²) in [6, 6.07) is 0.559. The van der Waals surface area contributed by atoms with Crippen molar-refractivity contribution in [2.45, 2.75) is 39.5 Å². The molecule has 6 heteroatoms. The van der Waals surface area contributed by atoms with Gasteiger partial charge in [0.1, 0.15) is 0 Å². The summed E-state index contributed by atoms with van der Waals surface area (Å²) in [4.78, 5) is 2.42.